The molecule has 0 aliphatic carbocycles. The minimum absolute atomic E-state index is 0.787. The zero-order valence-electron chi connectivity index (χ0n) is 21.2. The van der Waals surface area contributed by atoms with Crippen molar-refractivity contribution < 1.29 is 4.74 Å². The minimum atomic E-state index is 0.787. The second-order valence-corrected chi connectivity index (χ2v) is 9.45. The number of hydrogen-bond donors (Lipinski definition) is 0. The van der Waals surface area contributed by atoms with Crippen molar-refractivity contribution in [1.82, 2.24) is 9.97 Å². The van der Waals surface area contributed by atoms with Crippen LogP contribution in [0, 0.1) is 5.92 Å². The monoisotopic (exact) mass is 450 g/mol. The summed E-state index contributed by atoms with van der Waals surface area (Å²) in [6, 6.07) is 8.18. The Balaban J connectivity index is 1.60. The Morgan fingerprint density at radius 3 is 2.15 bits per heavy atom. The van der Waals surface area contributed by atoms with Crippen LogP contribution in [0.2, 0.25) is 0 Å². The van der Waals surface area contributed by atoms with Gasteiger partial charge >= 0.3 is 0 Å². The summed E-state index contributed by atoms with van der Waals surface area (Å²) in [5, 5.41) is 0. The number of hydrogen-bond acceptors (Lipinski definition) is 3. The third-order valence-electron chi connectivity index (χ3n) is 6.50. The van der Waals surface area contributed by atoms with Gasteiger partial charge in [0.05, 0.1) is 6.61 Å². The highest BCUT2D eigenvalue weighted by molar-refractivity contribution is 5.55. The van der Waals surface area contributed by atoms with Gasteiger partial charge in [-0.2, -0.15) is 0 Å². The molecule has 0 bridgehead atoms. The van der Waals surface area contributed by atoms with Crippen molar-refractivity contribution in [3.63, 3.8) is 0 Å². The molecule has 2 rings (SSSR count). The van der Waals surface area contributed by atoms with Crippen LogP contribution in [0.5, 0.6) is 5.75 Å². The van der Waals surface area contributed by atoms with Gasteiger partial charge in [0.1, 0.15) is 5.75 Å². The third kappa shape index (κ3) is 12.0. The molecule has 1 aromatic heterocycles. The van der Waals surface area contributed by atoms with Crippen molar-refractivity contribution in [3.8, 4) is 17.1 Å². The Hall–Kier alpha value is -2.16. The van der Waals surface area contributed by atoms with Crippen LogP contribution in [-0.2, 0) is 6.42 Å². The molecule has 3 nitrogen and oxygen atoms in total. The van der Waals surface area contributed by atoms with Gasteiger partial charge in [0.2, 0.25) is 0 Å². The number of unbranched alkanes of at least 4 members (excludes halogenated alkanes) is 9. The SMILES string of the molecule is C=CCCCCCCCCCOc1ccc(-c2ncc(CCCCCC(C)CC)cn2)cc1. The summed E-state index contributed by atoms with van der Waals surface area (Å²) in [5.74, 6) is 2.57. The van der Waals surface area contributed by atoms with Gasteiger partial charge in [-0.15, -0.1) is 6.58 Å². The zero-order chi connectivity index (χ0) is 23.6. The molecule has 2 aromatic rings. The number of allylic oxidation sites excluding steroid dienone is 1. The summed E-state index contributed by atoms with van der Waals surface area (Å²) in [7, 11) is 0. The molecule has 0 radical (unpaired) electrons. The molecule has 0 saturated carbocycles. The van der Waals surface area contributed by atoms with Crippen molar-refractivity contribution >= 4 is 0 Å². The summed E-state index contributed by atoms with van der Waals surface area (Å²) in [4.78, 5) is 9.18. The van der Waals surface area contributed by atoms with Gasteiger partial charge in [-0.1, -0.05) is 77.7 Å². The van der Waals surface area contributed by atoms with E-state index in [0.29, 0.717) is 0 Å². The summed E-state index contributed by atoms with van der Waals surface area (Å²) < 4.78 is 5.91. The van der Waals surface area contributed by atoms with Crippen molar-refractivity contribution in [3.05, 3.63) is 54.9 Å². The predicted octanol–water partition coefficient (Wildman–Crippen LogP) is 8.98. The summed E-state index contributed by atoms with van der Waals surface area (Å²) in [5.41, 5.74) is 2.28. The smallest absolute Gasteiger partial charge is 0.159 e. The zero-order valence-corrected chi connectivity index (χ0v) is 21.2. The molecule has 3 heteroatoms. The van der Waals surface area contributed by atoms with E-state index in [-0.39, 0.29) is 0 Å². The largest absolute Gasteiger partial charge is 0.494 e. The number of benzene rings is 1. The van der Waals surface area contributed by atoms with Crippen molar-refractivity contribution in [2.75, 3.05) is 6.61 Å². The lowest BCUT2D eigenvalue weighted by Gasteiger charge is -2.08. The van der Waals surface area contributed by atoms with E-state index in [4.69, 9.17) is 4.74 Å². The van der Waals surface area contributed by atoms with Gasteiger partial charge in [0, 0.05) is 18.0 Å². The Morgan fingerprint density at radius 1 is 0.848 bits per heavy atom. The molecular weight excluding hydrogens is 404 g/mol. The van der Waals surface area contributed by atoms with Gasteiger partial charge in [-0.05, 0) is 67.9 Å². The maximum atomic E-state index is 5.91. The van der Waals surface area contributed by atoms with Gasteiger partial charge < -0.3 is 4.74 Å². The number of ether oxygens (including phenoxy) is 1. The maximum absolute atomic E-state index is 5.91. The highest BCUT2D eigenvalue weighted by Crippen LogP contribution is 2.20. The summed E-state index contributed by atoms with van der Waals surface area (Å²) >= 11 is 0. The van der Waals surface area contributed by atoms with E-state index in [9.17, 15) is 0 Å². The Labute approximate surface area is 203 Å². The topological polar surface area (TPSA) is 35.0 Å². The molecule has 0 aliphatic heterocycles. The van der Waals surface area contributed by atoms with Crippen LogP contribution >= 0.6 is 0 Å². The van der Waals surface area contributed by atoms with Crippen LogP contribution in [0.4, 0.5) is 0 Å². The van der Waals surface area contributed by atoms with Crippen LogP contribution in [-0.4, -0.2) is 16.6 Å². The summed E-state index contributed by atoms with van der Waals surface area (Å²) in [6.45, 7) is 9.19. The second kappa shape index (κ2) is 17.3. The molecule has 0 aliphatic rings. The van der Waals surface area contributed by atoms with E-state index in [1.165, 1.54) is 76.2 Å². The first-order valence-electron chi connectivity index (χ1n) is 13.4. The highest BCUT2D eigenvalue weighted by Gasteiger charge is 2.04. The summed E-state index contributed by atoms with van der Waals surface area (Å²) in [6.07, 6.45) is 23.7. The highest BCUT2D eigenvalue weighted by atomic mass is 16.5. The van der Waals surface area contributed by atoms with Crippen LogP contribution in [0.1, 0.15) is 103 Å². The first-order valence-corrected chi connectivity index (χ1v) is 13.4. The van der Waals surface area contributed by atoms with Gasteiger partial charge in [-0.25, -0.2) is 9.97 Å². The first-order chi connectivity index (χ1) is 16.2. The van der Waals surface area contributed by atoms with Gasteiger partial charge in [0.15, 0.2) is 5.82 Å². The fourth-order valence-electron chi connectivity index (χ4n) is 4.00. The fraction of sp³-hybridized carbons (Fsp3) is 0.600. The molecule has 1 aromatic carbocycles. The lowest BCUT2D eigenvalue weighted by Crippen LogP contribution is -1.98. The normalized spacial score (nSPS) is 11.9. The number of aromatic nitrogens is 2. The Bertz CT molecular complexity index is 739. The molecule has 0 saturated heterocycles. The minimum Gasteiger partial charge on any atom is -0.494 e. The van der Waals surface area contributed by atoms with Gasteiger partial charge in [0.25, 0.3) is 0 Å². The van der Waals surface area contributed by atoms with Crippen LogP contribution < -0.4 is 4.74 Å². The second-order valence-electron chi connectivity index (χ2n) is 9.45. The molecule has 0 amide bonds. The van der Waals surface area contributed by atoms with Crippen molar-refractivity contribution in [1.29, 1.82) is 0 Å². The van der Waals surface area contributed by atoms with Crippen molar-refractivity contribution in [2.24, 2.45) is 5.92 Å². The molecule has 1 atom stereocenters. The average molecular weight is 451 g/mol. The standard InChI is InChI=1S/C30H46N2O/c1-4-6-7-8-9-10-11-12-16-23-33-29-21-19-28(20-22-29)30-31-24-27(25-32-30)18-15-13-14-17-26(3)5-2/h4,19-22,24-26H,1,5-18,23H2,2-3H3. The van der Waals surface area contributed by atoms with E-state index in [1.54, 1.807) is 0 Å². The van der Waals surface area contributed by atoms with E-state index >= 15 is 0 Å². The predicted molar refractivity (Wildman–Crippen MR) is 142 cm³/mol. The quantitative estimate of drug-likeness (QED) is 0.158. The molecule has 33 heavy (non-hydrogen) atoms. The average Bonchev–Trinajstić information content (AvgIpc) is 2.85. The van der Waals surface area contributed by atoms with E-state index in [2.05, 4.69) is 42.5 Å². The maximum Gasteiger partial charge on any atom is 0.159 e. The third-order valence-corrected chi connectivity index (χ3v) is 6.50. The fourth-order valence-corrected chi connectivity index (χ4v) is 4.00. The Morgan fingerprint density at radius 2 is 1.48 bits per heavy atom. The number of nitrogens with zero attached hydrogens (tertiary/aromatic N) is 2. The first kappa shape index (κ1) is 27.1. The molecular formula is C30H46N2O. The van der Waals surface area contributed by atoms with E-state index in [1.807, 2.05) is 30.6 Å². The Kier molecular flexibility index (Phi) is 14.2. The van der Waals surface area contributed by atoms with Crippen LogP contribution in [0.25, 0.3) is 11.4 Å². The molecule has 0 spiro atoms. The molecule has 0 N–H and O–H groups in total. The number of aryl methyl sites for hydroxylation is 1. The number of rotatable bonds is 19. The van der Waals surface area contributed by atoms with E-state index in [0.717, 1.165) is 48.9 Å². The van der Waals surface area contributed by atoms with Crippen LogP contribution in [0.3, 0.4) is 0 Å². The lowest BCUT2D eigenvalue weighted by molar-refractivity contribution is 0.304. The molecule has 1 heterocycles. The van der Waals surface area contributed by atoms with Crippen LogP contribution in [0.15, 0.2) is 49.3 Å². The lowest BCUT2D eigenvalue weighted by atomic mass is 10.00. The molecule has 182 valence electrons. The van der Waals surface area contributed by atoms with Crippen molar-refractivity contribution in [2.45, 2.75) is 104 Å². The van der Waals surface area contributed by atoms with E-state index < -0.39 is 0 Å². The molecule has 0 fully saturated rings. The molecule has 1 unspecified atom stereocenters. The van der Waals surface area contributed by atoms with Gasteiger partial charge in [-0.3, -0.25) is 0 Å².